The molecule has 7 heteroatoms. The maximum absolute atomic E-state index is 12.4. The van der Waals surface area contributed by atoms with Crippen molar-refractivity contribution in [1.29, 1.82) is 0 Å². The molecule has 2 rings (SSSR count). The molecule has 0 unspecified atom stereocenters. The first kappa shape index (κ1) is 14.2. The van der Waals surface area contributed by atoms with Gasteiger partial charge in [0.25, 0.3) is 11.6 Å². The number of hydrogen-bond donors (Lipinski definition) is 1. The van der Waals surface area contributed by atoms with Gasteiger partial charge in [0.2, 0.25) is 0 Å². The third-order valence-electron chi connectivity index (χ3n) is 3.25. The lowest BCUT2D eigenvalue weighted by Crippen LogP contribution is -2.28. The van der Waals surface area contributed by atoms with Gasteiger partial charge >= 0.3 is 0 Å². The van der Waals surface area contributed by atoms with E-state index in [9.17, 15) is 14.9 Å². The molecule has 7 nitrogen and oxygen atoms in total. The second kappa shape index (κ2) is 6.31. The van der Waals surface area contributed by atoms with E-state index in [1.807, 2.05) is 6.92 Å². The van der Waals surface area contributed by atoms with Crippen LogP contribution in [0.5, 0.6) is 0 Å². The standard InChI is InChI=1S/C13H18N4O3/c1-2-5-14-12-11(8-10(9-15-12)17(19)20)13(18)16-6-3-4-7-16/h8-9H,2-7H2,1H3,(H,14,15). The Labute approximate surface area is 117 Å². The number of nitrogens with zero attached hydrogens (tertiary/aromatic N) is 3. The second-order valence-corrected chi connectivity index (χ2v) is 4.77. The average molecular weight is 278 g/mol. The highest BCUT2D eigenvalue weighted by molar-refractivity contribution is 5.99. The summed E-state index contributed by atoms with van der Waals surface area (Å²) in [6, 6.07) is 1.31. The molecule has 1 amide bonds. The van der Waals surface area contributed by atoms with Crippen molar-refractivity contribution in [1.82, 2.24) is 9.88 Å². The Hall–Kier alpha value is -2.18. The number of rotatable bonds is 5. The molecule has 0 bridgehead atoms. The maximum atomic E-state index is 12.4. The predicted octanol–water partition coefficient (Wildman–Crippen LogP) is 2.05. The van der Waals surface area contributed by atoms with Gasteiger partial charge in [-0.1, -0.05) is 6.92 Å². The summed E-state index contributed by atoms with van der Waals surface area (Å²) >= 11 is 0. The van der Waals surface area contributed by atoms with Gasteiger partial charge < -0.3 is 10.2 Å². The van der Waals surface area contributed by atoms with E-state index < -0.39 is 4.92 Å². The highest BCUT2D eigenvalue weighted by Crippen LogP contribution is 2.22. The zero-order chi connectivity index (χ0) is 14.5. The predicted molar refractivity (Wildman–Crippen MR) is 74.8 cm³/mol. The zero-order valence-electron chi connectivity index (χ0n) is 11.5. The van der Waals surface area contributed by atoms with Crippen molar-refractivity contribution >= 4 is 17.4 Å². The largest absolute Gasteiger partial charge is 0.369 e. The summed E-state index contributed by atoms with van der Waals surface area (Å²) in [5.74, 6) is 0.242. The zero-order valence-corrected chi connectivity index (χ0v) is 11.5. The molecule has 1 aliphatic rings. The maximum Gasteiger partial charge on any atom is 0.288 e. The first-order chi connectivity index (χ1) is 9.63. The molecule has 1 fully saturated rings. The van der Waals surface area contributed by atoms with Crippen molar-refractivity contribution in [2.24, 2.45) is 0 Å². The summed E-state index contributed by atoms with van der Waals surface area (Å²) in [5.41, 5.74) is 0.129. The number of hydrogen-bond acceptors (Lipinski definition) is 5. The van der Waals surface area contributed by atoms with Crippen molar-refractivity contribution < 1.29 is 9.72 Å². The highest BCUT2D eigenvalue weighted by atomic mass is 16.6. The molecule has 1 aromatic rings. The molecule has 0 aliphatic carbocycles. The van der Waals surface area contributed by atoms with Crippen LogP contribution >= 0.6 is 0 Å². The molecule has 108 valence electrons. The number of aromatic nitrogens is 1. The van der Waals surface area contributed by atoms with E-state index in [1.165, 1.54) is 12.3 Å². The molecule has 1 N–H and O–H groups in total. The van der Waals surface area contributed by atoms with Crippen molar-refractivity contribution in [3.63, 3.8) is 0 Å². The highest BCUT2D eigenvalue weighted by Gasteiger charge is 2.24. The number of pyridine rings is 1. The average Bonchev–Trinajstić information content (AvgIpc) is 2.98. The topological polar surface area (TPSA) is 88.4 Å². The number of carbonyl (C=O) groups is 1. The Bertz CT molecular complexity index is 512. The van der Waals surface area contributed by atoms with Crippen LogP contribution in [0.25, 0.3) is 0 Å². The first-order valence-corrected chi connectivity index (χ1v) is 6.81. The summed E-state index contributed by atoms with van der Waals surface area (Å²) in [5, 5.41) is 13.9. The van der Waals surface area contributed by atoms with Gasteiger partial charge in [-0.25, -0.2) is 4.98 Å². The molecule has 20 heavy (non-hydrogen) atoms. The number of nitrogens with one attached hydrogen (secondary N) is 1. The summed E-state index contributed by atoms with van der Waals surface area (Å²) in [7, 11) is 0. The van der Waals surface area contributed by atoms with Crippen molar-refractivity contribution in [2.75, 3.05) is 25.0 Å². The fourth-order valence-electron chi connectivity index (χ4n) is 2.19. The Kier molecular flexibility index (Phi) is 4.49. The van der Waals surface area contributed by atoms with Crippen LogP contribution in [0.2, 0.25) is 0 Å². The smallest absolute Gasteiger partial charge is 0.288 e. The fourth-order valence-corrected chi connectivity index (χ4v) is 2.19. The third-order valence-corrected chi connectivity index (χ3v) is 3.25. The SMILES string of the molecule is CCCNc1ncc([N+](=O)[O-])cc1C(=O)N1CCCC1. The van der Waals surface area contributed by atoms with Gasteiger partial charge in [0.15, 0.2) is 0 Å². The summed E-state index contributed by atoms with van der Waals surface area (Å²) in [6.45, 7) is 4.08. The van der Waals surface area contributed by atoms with Gasteiger partial charge in [0.05, 0.1) is 10.5 Å². The van der Waals surface area contributed by atoms with Crippen LogP contribution in [0.4, 0.5) is 11.5 Å². The monoisotopic (exact) mass is 278 g/mol. The van der Waals surface area contributed by atoms with E-state index >= 15 is 0 Å². The van der Waals surface area contributed by atoms with Gasteiger partial charge in [0, 0.05) is 25.7 Å². The number of carbonyl (C=O) groups excluding carboxylic acids is 1. The van der Waals surface area contributed by atoms with Gasteiger partial charge in [-0.2, -0.15) is 0 Å². The quantitative estimate of drug-likeness (QED) is 0.657. The van der Waals surface area contributed by atoms with Crippen LogP contribution in [-0.2, 0) is 0 Å². The van der Waals surface area contributed by atoms with Crippen LogP contribution in [-0.4, -0.2) is 40.3 Å². The van der Waals surface area contributed by atoms with Crippen LogP contribution in [0.1, 0.15) is 36.5 Å². The lowest BCUT2D eigenvalue weighted by atomic mass is 10.2. The number of nitro groups is 1. The van der Waals surface area contributed by atoms with E-state index in [-0.39, 0.29) is 17.2 Å². The third kappa shape index (κ3) is 3.04. The minimum Gasteiger partial charge on any atom is -0.369 e. The Morgan fingerprint density at radius 2 is 2.20 bits per heavy atom. The van der Waals surface area contributed by atoms with E-state index in [4.69, 9.17) is 0 Å². The normalized spacial score (nSPS) is 14.3. The van der Waals surface area contributed by atoms with Crippen molar-refractivity contribution in [2.45, 2.75) is 26.2 Å². The van der Waals surface area contributed by atoms with Gasteiger partial charge in [0.1, 0.15) is 12.0 Å². The van der Waals surface area contributed by atoms with Gasteiger partial charge in [-0.05, 0) is 19.3 Å². The Morgan fingerprint density at radius 3 is 2.80 bits per heavy atom. The lowest BCUT2D eigenvalue weighted by molar-refractivity contribution is -0.385. The first-order valence-electron chi connectivity index (χ1n) is 6.81. The summed E-state index contributed by atoms with van der Waals surface area (Å²) < 4.78 is 0. The molecule has 0 spiro atoms. The van der Waals surface area contributed by atoms with Crippen LogP contribution in [0.3, 0.4) is 0 Å². The van der Waals surface area contributed by atoms with Crippen LogP contribution in [0.15, 0.2) is 12.3 Å². The number of likely N-dealkylation sites (tertiary alicyclic amines) is 1. The Morgan fingerprint density at radius 1 is 1.50 bits per heavy atom. The van der Waals surface area contributed by atoms with Crippen molar-refractivity contribution in [3.05, 3.63) is 27.9 Å². The summed E-state index contributed by atoms with van der Waals surface area (Å²) in [4.78, 5) is 28.5. The van der Waals surface area contributed by atoms with E-state index in [2.05, 4.69) is 10.3 Å². The van der Waals surface area contributed by atoms with E-state index in [0.717, 1.165) is 19.3 Å². The summed E-state index contributed by atoms with van der Waals surface area (Å²) in [6.07, 6.45) is 4.02. The minimum atomic E-state index is -0.530. The molecular weight excluding hydrogens is 260 g/mol. The molecule has 2 heterocycles. The molecular formula is C13H18N4O3. The number of anilines is 1. The van der Waals surface area contributed by atoms with Gasteiger partial charge in [-0.3, -0.25) is 14.9 Å². The fraction of sp³-hybridized carbons (Fsp3) is 0.538. The minimum absolute atomic E-state index is 0.158. The van der Waals surface area contributed by atoms with Crippen molar-refractivity contribution in [3.8, 4) is 0 Å². The van der Waals surface area contributed by atoms with Crippen LogP contribution < -0.4 is 5.32 Å². The van der Waals surface area contributed by atoms with Gasteiger partial charge in [-0.15, -0.1) is 0 Å². The second-order valence-electron chi connectivity index (χ2n) is 4.77. The molecule has 0 atom stereocenters. The molecule has 1 saturated heterocycles. The number of amides is 1. The Balaban J connectivity index is 2.31. The molecule has 0 radical (unpaired) electrons. The molecule has 0 aromatic carbocycles. The molecule has 1 aromatic heterocycles. The molecule has 1 aliphatic heterocycles. The van der Waals surface area contributed by atoms with E-state index in [1.54, 1.807) is 4.90 Å². The van der Waals surface area contributed by atoms with E-state index in [0.29, 0.717) is 25.5 Å². The molecule has 0 saturated carbocycles. The van der Waals surface area contributed by atoms with Crippen LogP contribution in [0, 0.1) is 10.1 Å². The lowest BCUT2D eigenvalue weighted by Gasteiger charge is -2.17.